The second-order valence-corrected chi connectivity index (χ2v) is 4.99. The Bertz CT molecular complexity index is 634. The predicted molar refractivity (Wildman–Crippen MR) is 81.5 cm³/mol. The number of nitrogens with zero attached hydrogens (tertiary/aromatic N) is 3. The highest BCUT2D eigenvalue weighted by molar-refractivity contribution is 5.95. The third-order valence-electron chi connectivity index (χ3n) is 2.95. The molecule has 0 aliphatic carbocycles. The molecule has 21 heavy (non-hydrogen) atoms. The van der Waals surface area contributed by atoms with E-state index in [4.69, 9.17) is 10.5 Å². The van der Waals surface area contributed by atoms with Crippen LogP contribution in [0.1, 0.15) is 23.7 Å². The zero-order chi connectivity index (χ0) is 15.4. The first kappa shape index (κ1) is 14.9. The predicted octanol–water partition coefficient (Wildman–Crippen LogP) is 2.37. The molecular weight excluding hydrogens is 268 g/mol. The Hall–Kier alpha value is -2.50. The zero-order valence-electron chi connectivity index (χ0n) is 12.5. The molecule has 0 saturated carbocycles. The number of hydrogen-bond acceptors (Lipinski definition) is 4. The molecule has 6 heteroatoms. The number of nitrogen functional groups attached to an aromatic ring is 1. The number of nitrogens with two attached hydrogens (primary N) is 1. The molecule has 2 aromatic rings. The van der Waals surface area contributed by atoms with Gasteiger partial charge in [-0.1, -0.05) is 6.92 Å². The third kappa shape index (κ3) is 3.53. The second-order valence-electron chi connectivity index (χ2n) is 4.99. The van der Waals surface area contributed by atoms with E-state index in [0.29, 0.717) is 22.7 Å². The lowest BCUT2D eigenvalue weighted by molar-refractivity contribution is 0.0827. The average Bonchev–Trinajstić information content (AvgIpc) is 2.88. The molecule has 1 aromatic heterocycles. The molecular formula is C15H20N4O2. The van der Waals surface area contributed by atoms with Crippen LogP contribution in [0.2, 0.25) is 0 Å². The SMILES string of the molecule is CCCn1cc(Oc2ccc(C(=O)N(C)C)cc2N)cn1. The summed E-state index contributed by atoms with van der Waals surface area (Å²) in [4.78, 5) is 13.4. The van der Waals surface area contributed by atoms with Crippen molar-refractivity contribution in [1.82, 2.24) is 14.7 Å². The highest BCUT2D eigenvalue weighted by Gasteiger charge is 2.11. The fourth-order valence-corrected chi connectivity index (χ4v) is 1.91. The summed E-state index contributed by atoms with van der Waals surface area (Å²) in [6.07, 6.45) is 4.47. The van der Waals surface area contributed by atoms with Gasteiger partial charge < -0.3 is 15.4 Å². The molecule has 1 aromatic carbocycles. The van der Waals surface area contributed by atoms with E-state index < -0.39 is 0 Å². The minimum atomic E-state index is -0.0935. The first-order chi connectivity index (χ1) is 10.0. The molecule has 2 N–H and O–H groups in total. The van der Waals surface area contributed by atoms with Gasteiger partial charge >= 0.3 is 0 Å². The number of benzene rings is 1. The van der Waals surface area contributed by atoms with Crippen LogP contribution in [0.4, 0.5) is 5.69 Å². The number of amides is 1. The van der Waals surface area contributed by atoms with Crippen LogP contribution in [0.15, 0.2) is 30.6 Å². The normalized spacial score (nSPS) is 10.4. The van der Waals surface area contributed by atoms with Crippen molar-refractivity contribution in [2.45, 2.75) is 19.9 Å². The molecule has 0 spiro atoms. The van der Waals surface area contributed by atoms with Crippen molar-refractivity contribution in [1.29, 1.82) is 0 Å². The van der Waals surface area contributed by atoms with Crippen molar-refractivity contribution >= 4 is 11.6 Å². The van der Waals surface area contributed by atoms with Crippen LogP contribution in [0.25, 0.3) is 0 Å². The number of ether oxygens (including phenoxy) is 1. The van der Waals surface area contributed by atoms with Crippen molar-refractivity contribution in [2.24, 2.45) is 0 Å². The van der Waals surface area contributed by atoms with E-state index in [2.05, 4.69) is 12.0 Å². The molecule has 1 heterocycles. The number of anilines is 1. The molecule has 0 bridgehead atoms. The minimum Gasteiger partial charge on any atom is -0.452 e. The highest BCUT2D eigenvalue weighted by atomic mass is 16.5. The lowest BCUT2D eigenvalue weighted by atomic mass is 10.1. The van der Waals surface area contributed by atoms with Crippen LogP contribution in [-0.2, 0) is 6.54 Å². The van der Waals surface area contributed by atoms with E-state index in [-0.39, 0.29) is 5.91 Å². The molecule has 0 aliphatic rings. The van der Waals surface area contributed by atoms with Crippen molar-refractivity contribution in [3.05, 3.63) is 36.2 Å². The van der Waals surface area contributed by atoms with Crippen molar-refractivity contribution in [3.8, 4) is 11.5 Å². The summed E-state index contributed by atoms with van der Waals surface area (Å²) in [5.74, 6) is 1.05. The Morgan fingerprint density at radius 2 is 2.19 bits per heavy atom. The Labute approximate surface area is 124 Å². The van der Waals surface area contributed by atoms with E-state index >= 15 is 0 Å². The van der Waals surface area contributed by atoms with Crippen LogP contribution >= 0.6 is 0 Å². The number of aromatic nitrogens is 2. The molecule has 0 saturated heterocycles. The smallest absolute Gasteiger partial charge is 0.253 e. The van der Waals surface area contributed by atoms with E-state index in [9.17, 15) is 4.79 Å². The van der Waals surface area contributed by atoms with Crippen molar-refractivity contribution in [2.75, 3.05) is 19.8 Å². The van der Waals surface area contributed by atoms with Crippen LogP contribution in [0.5, 0.6) is 11.5 Å². The van der Waals surface area contributed by atoms with E-state index in [1.165, 1.54) is 4.90 Å². The number of aryl methyl sites for hydroxylation is 1. The minimum absolute atomic E-state index is 0.0935. The highest BCUT2D eigenvalue weighted by Crippen LogP contribution is 2.28. The number of hydrogen-bond donors (Lipinski definition) is 1. The summed E-state index contributed by atoms with van der Waals surface area (Å²) in [6.45, 7) is 2.93. The topological polar surface area (TPSA) is 73.4 Å². The van der Waals surface area contributed by atoms with Gasteiger partial charge in [0.1, 0.15) is 0 Å². The molecule has 6 nitrogen and oxygen atoms in total. The fraction of sp³-hybridized carbons (Fsp3) is 0.333. The quantitative estimate of drug-likeness (QED) is 0.857. The summed E-state index contributed by atoms with van der Waals surface area (Å²) < 4.78 is 7.51. The van der Waals surface area contributed by atoms with Crippen LogP contribution in [0, 0.1) is 0 Å². The molecule has 0 radical (unpaired) electrons. The van der Waals surface area contributed by atoms with Crippen molar-refractivity contribution < 1.29 is 9.53 Å². The number of rotatable bonds is 5. The largest absolute Gasteiger partial charge is 0.452 e. The van der Waals surface area contributed by atoms with E-state index in [1.54, 1.807) is 38.5 Å². The van der Waals surface area contributed by atoms with Crippen molar-refractivity contribution in [3.63, 3.8) is 0 Å². The summed E-state index contributed by atoms with van der Waals surface area (Å²) in [7, 11) is 3.40. The maximum absolute atomic E-state index is 11.9. The maximum atomic E-state index is 11.9. The zero-order valence-corrected chi connectivity index (χ0v) is 12.5. The van der Waals surface area contributed by atoms with Crippen LogP contribution < -0.4 is 10.5 Å². The number of carbonyl (C=O) groups excluding carboxylic acids is 1. The fourth-order valence-electron chi connectivity index (χ4n) is 1.91. The van der Waals surface area contributed by atoms with Gasteiger partial charge in [0.15, 0.2) is 11.5 Å². The Kier molecular flexibility index (Phi) is 4.47. The van der Waals surface area contributed by atoms with Crippen LogP contribution in [-0.4, -0.2) is 34.7 Å². The third-order valence-corrected chi connectivity index (χ3v) is 2.95. The first-order valence-corrected chi connectivity index (χ1v) is 6.82. The van der Waals surface area contributed by atoms with Gasteiger partial charge in [0.25, 0.3) is 5.91 Å². The summed E-state index contributed by atoms with van der Waals surface area (Å²) >= 11 is 0. The van der Waals surface area contributed by atoms with Gasteiger partial charge in [-0.2, -0.15) is 5.10 Å². The Morgan fingerprint density at radius 1 is 1.43 bits per heavy atom. The summed E-state index contributed by atoms with van der Waals surface area (Å²) in [5.41, 5.74) is 6.91. The van der Waals surface area contributed by atoms with Gasteiger partial charge in [-0.15, -0.1) is 0 Å². The molecule has 0 aliphatic heterocycles. The van der Waals surface area contributed by atoms with Gasteiger partial charge in [-0.25, -0.2) is 0 Å². The Balaban J connectivity index is 2.15. The maximum Gasteiger partial charge on any atom is 0.253 e. The Morgan fingerprint density at radius 3 is 2.81 bits per heavy atom. The van der Waals surface area contributed by atoms with Gasteiger partial charge in [-0.05, 0) is 24.6 Å². The second kappa shape index (κ2) is 6.30. The number of carbonyl (C=O) groups is 1. The van der Waals surface area contributed by atoms with E-state index in [0.717, 1.165) is 13.0 Å². The van der Waals surface area contributed by atoms with E-state index in [1.807, 2.05) is 10.9 Å². The molecule has 0 fully saturated rings. The summed E-state index contributed by atoms with van der Waals surface area (Å²) in [5, 5.41) is 4.19. The lowest BCUT2D eigenvalue weighted by Gasteiger charge is -2.12. The average molecular weight is 288 g/mol. The lowest BCUT2D eigenvalue weighted by Crippen LogP contribution is -2.21. The van der Waals surface area contributed by atoms with Gasteiger partial charge in [0, 0.05) is 26.2 Å². The molecule has 112 valence electrons. The van der Waals surface area contributed by atoms with Crippen LogP contribution in [0.3, 0.4) is 0 Å². The first-order valence-electron chi connectivity index (χ1n) is 6.82. The van der Waals surface area contributed by atoms with Gasteiger partial charge in [-0.3, -0.25) is 9.48 Å². The molecule has 0 atom stereocenters. The molecule has 1 amide bonds. The van der Waals surface area contributed by atoms with Gasteiger partial charge in [0.05, 0.1) is 18.1 Å². The summed E-state index contributed by atoms with van der Waals surface area (Å²) in [6, 6.07) is 5.02. The standard InChI is InChI=1S/C15H20N4O2/c1-4-7-19-10-12(9-17-19)21-14-6-5-11(8-13(14)16)15(20)18(2)3/h5-6,8-10H,4,7,16H2,1-3H3. The monoisotopic (exact) mass is 288 g/mol. The van der Waals surface area contributed by atoms with Gasteiger partial charge in [0.2, 0.25) is 0 Å². The molecule has 2 rings (SSSR count). The molecule has 0 unspecified atom stereocenters.